The maximum absolute atomic E-state index is 10.4. The van der Waals surface area contributed by atoms with E-state index in [2.05, 4.69) is 178 Å². The van der Waals surface area contributed by atoms with E-state index in [-0.39, 0.29) is 10.8 Å². The Hall–Kier alpha value is -2.86. The molecule has 1 aliphatic heterocycles. The predicted molar refractivity (Wildman–Crippen MR) is 229 cm³/mol. The molecule has 4 rings (SSSR count). The summed E-state index contributed by atoms with van der Waals surface area (Å²) in [5, 5.41) is 10.4. The second-order valence-corrected chi connectivity index (χ2v) is 20.1. The van der Waals surface area contributed by atoms with E-state index in [1.165, 1.54) is 48.5 Å². The van der Waals surface area contributed by atoms with Crippen molar-refractivity contribution in [3.8, 4) is 5.75 Å². The van der Waals surface area contributed by atoms with Crippen LogP contribution >= 0.6 is 0 Å². The molecule has 0 spiro atoms. The molecular formula is C46H56N2O2Pb2. The number of unbranched alkanes of at least 4 members (excludes halogenated alkanes) is 1. The van der Waals surface area contributed by atoms with Crippen LogP contribution in [-0.2, 0) is 10.8 Å². The van der Waals surface area contributed by atoms with Crippen molar-refractivity contribution in [2.75, 3.05) is 38.0 Å². The molecule has 0 fully saturated rings. The molecule has 3 aromatic rings. The topological polar surface area (TPSA) is 35.9 Å². The molecule has 0 atom stereocenters. The van der Waals surface area contributed by atoms with E-state index in [0.29, 0.717) is 0 Å². The first kappa shape index (κ1) is 41.9. The molecule has 1 N–H and O–H groups in total. The molecule has 0 saturated carbocycles. The number of rotatable bonds is 11. The summed E-state index contributed by atoms with van der Waals surface area (Å²) in [5.41, 5.74) is 13.2. The van der Waals surface area contributed by atoms with E-state index in [9.17, 15) is 5.11 Å². The van der Waals surface area contributed by atoms with Crippen LogP contribution in [0.3, 0.4) is 0 Å². The Labute approximate surface area is 346 Å². The fraction of sp³-hybridized carbons (Fsp3) is 0.348. The molecule has 0 aliphatic carbocycles. The van der Waals surface area contributed by atoms with Crippen LogP contribution in [-0.4, -0.2) is 84.8 Å². The number of fused-ring (bicyclic) bond motifs is 1. The van der Waals surface area contributed by atoms with Crippen molar-refractivity contribution in [3.05, 3.63) is 134 Å². The summed E-state index contributed by atoms with van der Waals surface area (Å²) in [5.74, 6) is 0.933. The van der Waals surface area contributed by atoms with Gasteiger partial charge in [-0.3, -0.25) is 0 Å². The van der Waals surface area contributed by atoms with E-state index in [1.54, 1.807) is 0 Å². The third-order valence-corrected chi connectivity index (χ3v) is 12.1. The minimum atomic E-state index is 0.0358. The third kappa shape index (κ3) is 11.1. The monoisotopic (exact) mass is 1080 g/mol. The van der Waals surface area contributed by atoms with Crippen molar-refractivity contribution in [3.63, 3.8) is 0 Å². The first-order valence-electron chi connectivity index (χ1n) is 18.1. The number of aliphatic hydroxyl groups is 1. The van der Waals surface area contributed by atoms with Crippen LogP contribution in [0.15, 0.2) is 106 Å². The van der Waals surface area contributed by atoms with Crippen LogP contribution in [0, 0.1) is 0 Å². The second-order valence-electron chi connectivity index (χ2n) is 16.1. The van der Waals surface area contributed by atoms with Gasteiger partial charge in [-0.2, -0.15) is 0 Å². The van der Waals surface area contributed by atoms with Gasteiger partial charge in [-0.25, -0.2) is 0 Å². The van der Waals surface area contributed by atoms with E-state index in [4.69, 9.17) is 4.74 Å². The van der Waals surface area contributed by atoms with Crippen molar-refractivity contribution in [2.45, 2.75) is 78.6 Å². The summed E-state index contributed by atoms with van der Waals surface area (Å²) in [6.07, 6.45) is 17.4. The minimum absolute atomic E-state index is 0.0358. The molecule has 6 heteroatoms. The first-order chi connectivity index (χ1) is 24.4. The molecule has 6 radical (unpaired) electrons. The Kier molecular flexibility index (Phi) is 14.5. The molecule has 3 aromatic carbocycles. The van der Waals surface area contributed by atoms with Gasteiger partial charge in [0.1, 0.15) is 0 Å². The molecule has 1 heterocycles. The van der Waals surface area contributed by atoms with Crippen molar-refractivity contribution < 1.29 is 9.84 Å². The van der Waals surface area contributed by atoms with Crippen LogP contribution in [0.25, 0.3) is 16.7 Å². The molecule has 1 aliphatic rings. The third-order valence-electron chi connectivity index (χ3n) is 9.54. The van der Waals surface area contributed by atoms with Gasteiger partial charge in [-0.05, 0) is 0 Å². The Bertz CT molecular complexity index is 1910. The van der Waals surface area contributed by atoms with Gasteiger partial charge in [0.2, 0.25) is 0 Å². The Morgan fingerprint density at radius 1 is 0.808 bits per heavy atom. The quantitative estimate of drug-likeness (QED) is 0.0899. The molecule has 52 heavy (non-hydrogen) atoms. The summed E-state index contributed by atoms with van der Waals surface area (Å²) < 4.78 is 8.43. The average molecular weight is 1080 g/mol. The first-order valence-corrected chi connectivity index (χ1v) is 22.0. The Morgan fingerprint density at radius 3 is 2.00 bits per heavy atom. The van der Waals surface area contributed by atoms with Crippen LogP contribution in [0.2, 0.25) is 0 Å². The molecule has 0 amide bonds. The standard InChI is InChI=1S/C46H56N2O2.2Pb/c1-33(38-28-39(45(2,3)4)30-40(29-38)46(5,6)7)34(18-19-37(32-49)35-20-22-41(23-21-35)47(8)9)16-14-12-13-15-17-36-26-27-50-44-31-42(48(10)11)24-25-43(36)44;;/h13,15,17-20,22-26,28-32,49H,12,14,16H2,1-11H3;;/b15-13-,19-18+,34-33-,36-17+,37-32-;;. The summed E-state index contributed by atoms with van der Waals surface area (Å²) in [7, 11) is 8.24. The molecule has 0 unspecified atom stereocenters. The van der Waals surface area contributed by atoms with Gasteiger partial charge in [0.25, 0.3) is 0 Å². The molecule has 270 valence electrons. The van der Waals surface area contributed by atoms with Gasteiger partial charge in [0.05, 0.1) is 0 Å². The summed E-state index contributed by atoms with van der Waals surface area (Å²) in [6, 6.07) is 20.1. The normalized spacial score (nSPS) is 15.1. The maximum atomic E-state index is 10.4. The van der Waals surface area contributed by atoms with Crippen molar-refractivity contribution in [1.29, 1.82) is 0 Å². The summed E-state index contributed by atoms with van der Waals surface area (Å²) >= 11 is 1.74. The fourth-order valence-corrected chi connectivity index (χ4v) is 8.53. The Balaban J connectivity index is 1.66. The number of allylic oxidation sites excluding steroid dienone is 10. The molecular weight excluding hydrogens is 1030 g/mol. The summed E-state index contributed by atoms with van der Waals surface area (Å²) in [6.45, 7) is 16.0. The van der Waals surface area contributed by atoms with Crippen molar-refractivity contribution in [1.82, 2.24) is 0 Å². The number of nitrogens with zero attached hydrogens (tertiary/aromatic N) is 2. The molecule has 0 aromatic heterocycles. The number of anilines is 2. The van der Waals surface area contributed by atoms with E-state index < -0.39 is 0 Å². The van der Waals surface area contributed by atoms with Gasteiger partial charge in [-0.1, -0.05) is 0 Å². The zero-order chi connectivity index (χ0) is 38.4. The van der Waals surface area contributed by atoms with Crippen LogP contribution in [0.1, 0.15) is 95.5 Å². The number of benzene rings is 3. The molecule has 0 bridgehead atoms. The summed E-state index contributed by atoms with van der Waals surface area (Å²) in [4.78, 5) is 4.23. The van der Waals surface area contributed by atoms with Gasteiger partial charge in [0, 0.05) is 0 Å². The van der Waals surface area contributed by atoms with Crippen molar-refractivity contribution in [2.24, 2.45) is 0 Å². The van der Waals surface area contributed by atoms with E-state index in [1.807, 2.05) is 0 Å². The fourth-order valence-electron chi connectivity index (χ4n) is 6.04. The second kappa shape index (κ2) is 18.0. The van der Waals surface area contributed by atoms with Crippen LogP contribution < -0.4 is 17.7 Å². The van der Waals surface area contributed by atoms with Crippen LogP contribution in [0.5, 0.6) is 5.75 Å². The number of ether oxygens (including phenoxy) is 1. The number of aliphatic hydroxyl groups excluding tert-OH is 1. The van der Waals surface area contributed by atoms with Gasteiger partial charge < -0.3 is 0 Å². The van der Waals surface area contributed by atoms with E-state index in [0.717, 1.165) is 102 Å². The van der Waals surface area contributed by atoms with Gasteiger partial charge in [-0.15, -0.1) is 0 Å². The zero-order valence-corrected chi connectivity index (χ0v) is 40.9. The predicted octanol–water partition coefficient (Wildman–Crippen LogP) is 10.3. The van der Waals surface area contributed by atoms with Crippen molar-refractivity contribution >= 4 is 82.8 Å². The Morgan fingerprint density at radius 2 is 1.42 bits per heavy atom. The van der Waals surface area contributed by atoms with E-state index >= 15 is 0 Å². The number of hydrogen-bond acceptors (Lipinski definition) is 4. The average Bonchev–Trinajstić information content (AvgIpc) is 3.07. The van der Waals surface area contributed by atoms with Gasteiger partial charge in [0.15, 0.2) is 0 Å². The SMILES string of the molecule is C/C(=C(/C=C/C(=C/O)c1ccc(N(C)C)c[c]1[Pb])CCC/C=C\C=C1/C=[C]([Pb])Oc2cc(N(C)C)ccc21)c1cc(C(C)(C)C)cc(C(C)(C)C)c1. The van der Waals surface area contributed by atoms with Crippen LogP contribution in [0.4, 0.5) is 11.4 Å². The molecule has 0 saturated heterocycles. The van der Waals surface area contributed by atoms with Gasteiger partial charge >= 0.3 is 349 Å². The zero-order valence-electron chi connectivity index (χ0n) is 33.1. The molecule has 4 nitrogen and oxygen atoms in total. The number of hydrogen-bond donors (Lipinski definition) is 1.